The van der Waals surface area contributed by atoms with Crippen molar-refractivity contribution in [1.29, 1.82) is 0 Å². The quantitative estimate of drug-likeness (QED) is 0.435. The van der Waals surface area contributed by atoms with Crippen molar-refractivity contribution in [1.82, 2.24) is 5.32 Å². The van der Waals surface area contributed by atoms with Crippen LogP contribution in [0, 0.1) is 0 Å². The van der Waals surface area contributed by atoms with Gasteiger partial charge in [-0.15, -0.1) is 0 Å². The first-order chi connectivity index (χ1) is 3.43. The second-order valence-corrected chi connectivity index (χ2v) is 1.63. The Morgan fingerprint density at radius 2 is 2.71 bits per heavy atom. The lowest BCUT2D eigenvalue weighted by Gasteiger charge is -2.00. The molecule has 2 nitrogen and oxygen atoms in total. The van der Waals surface area contributed by atoms with Crippen molar-refractivity contribution in [2.45, 2.75) is 6.04 Å². The number of rotatable bonds is 1. The molecule has 0 amide bonds. The van der Waals surface area contributed by atoms with Gasteiger partial charge in [0.1, 0.15) is 0 Å². The van der Waals surface area contributed by atoms with E-state index in [1.165, 1.54) is 0 Å². The minimum Gasteiger partial charge on any atom is -0.394 e. The zero-order valence-electron chi connectivity index (χ0n) is 4.09. The SMILES string of the molecule is OCC1C=CCN1. The van der Waals surface area contributed by atoms with Crippen LogP contribution in [0.1, 0.15) is 0 Å². The summed E-state index contributed by atoms with van der Waals surface area (Å²) < 4.78 is 0. The van der Waals surface area contributed by atoms with E-state index in [4.69, 9.17) is 5.11 Å². The lowest BCUT2D eigenvalue weighted by Crippen LogP contribution is -2.25. The summed E-state index contributed by atoms with van der Waals surface area (Å²) in [5.74, 6) is 0. The Bertz CT molecular complexity index is 80.1. The molecule has 0 aromatic carbocycles. The molecule has 0 fully saturated rings. The van der Waals surface area contributed by atoms with Crippen LogP contribution >= 0.6 is 0 Å². The van der Waals surface area contributed by atoms with Crippen molar-refractivity contribution < 1.29 is 5.11 Å². The minimum atomic E-state index is 0.219. The third-order valence-corrected chi connectivity index (χ3v) is 1.06. The van der Waals surface area contributed by atoms with Crippen molar-refractivity contribution >= 4 is 0 Å². The molecule has 7 heavy (non-hydrogen) atoms. The summed E-state index contributed by atoms with van der Waals surface area (Å²) in [5.41, 5.74) is 0. The van der Waals surface area contributed by atoms with E-state index in [0.29, 0.717) is 0 Å². The second kappa shape index (κ2) is 2.09. The van der Waals surface area contributed by atoms with Gasteiger partial charge in [-0.05, 0) is 0 Å². The first kappa shape index (κ1) is 4.81. The van der Waals surface area contributed by atoms with Gasteiger partial charge < -0.3 is 10.4 Å². The normalized spacial score (nSPS) is 29.0. The van der Waals surface area contributed by atoms with Crippen molar-refractivity contribution in [2.75, 3.05) is 13.2 Å². The Kier molecular flexibility index (Phi) is 1.44. The molecular weight excluding hydrogens is 90.1 g/mol. The summed E-state index contributed by atoms with van der Waals surface area (Å²) in [4.78, 5) is 0. The fourth-order valence-corrected chi connectivity index (χ4v) is 0.645. The minimum absolute atomic E-state index is 0.219. The van der Waals surface area contributed by atoms with Crippen LogP contribution in [0.15, 0.2) is 12.2 Å². The molecule has 0 saturated heterocycles. The van der Waals surface area contributed by atoms with Gasteiger partial charge in [0.05, 0.1) is 6.61 Å². The highest BCUT2D eigenvalue weighted by molar-refractivity contribution is 5.01. The lowest BCUT2D eigenvalue weighted by molar-refractivity contribution is 0.271. The van der Waals surface area contributed by atoms with Gasteiger partial charge in [-0.2, -0.15) is 0 Å². The standard InChI is InChI=1S/C5H9NO/c7-4-5-2-1-3-6-5/h1-2,5-7H,3-4H2. The van der Waals surface area contributed by atoms with Crippen molar-refractivity contribution in [2.24, 2.45) is 0 Å². The maximum absolute atomic E-state index is 8.45. The third kappa shape index (κ3) is 1.01. The molecule has 1 unspecified atom stereocenters. The van der Waals surface area contributed by atoms with Gasteiger partial charge in [-0.1, -0.05) is 12.2 Å². The van der Waals surface area contributed by atoms with Crippen molar-refractivity contribution in [3.8, 4) is 0 Å². The molecule has 0 saturated carbocycles. The number of aliphatic hydroxyl groups is 1. The molecule has 2 heteroatoms. The number of aliphatic hydroxyl groups excluding tert-OH is 1. The molecular formula is C5H9NO. The fraction of sp³-hybridized carbons (Fsp3) is 0.600. The van der Waals surface area contributed by atoms with E-state index in [2.05, 4.69) is 5.32 Å². The molecule has 40 valence electrons. The Morgan fingerprint density at radius 3 is 3.00 bits per heavy atom. The van der Waals surface area contributed by atoms with E-state index in [-0.39, 0.29) is 12.6 Å². The van der Waals surface area contributed by atoms with E-state index in [1.54, 1.807) is 0 Å². The molecule has 1 atom stereocenters. The molecule has 1 heterocycles. The summed E-state index contributed by atoms with van der Waals surface area (Å²) in [5, 5.41) is 11.5. The van der Waals surface area contributed by atoms with Crippen LogP contribution in [0.3, 0.4) is 0 Å². The smallest absolute Gasteiger partial charge is 0.0620 e. The molecule has 0 spiro atoms. The van der Waals surface area contributed by atoms with Crippen LogP contribution in [0.5, 0.6) is 0 Å². The largest absolute Gasteiger partial charge is 0.394 e. The summed E-state index contributed by atoms with van der Waals surface area (Å²) in [6, 6.07) is 0.222. The average molecular weight is 99.1 g/mol. The van der Waals surface area contributed by atoms with Gasteiger partial charge in [0.25, 0.3) is 0 Å². The van der Waals surface area contributed by atoms with E-state index in [9.17, 15) is 0 Å². The molecule has 0 radical (unpaired) electrons. The maximum Gasteiger partial charge on any atom is 0.0620 e. The van der Waals surface area contributed by atoms with Gasteiger partial charge in [-0.3, -0.25) is 0 Å². The Morgan fingerprint density at radius 1 is 1.86 bits per heavy atom. The number of nitrogens with one attached hydrogen (secondary N) is 1. The van der Waals surface area contributed by atoms with E-state index in [0.717, 1.165) is 6.54 Å². The molecule has 1 aliphatic rings. The highest BCUT2D eigenvalue weighted by atomic mass is 16.3. The van der Waals surface area contributed by atoms with Crippen LogP contribution < -0.4 is 5.32 Å². The maximum atomic E-state index is 8.45. The lowest BCUT2D eigenvalue weighted by atomic mass is 10.3. The molecule has 0 bridgehead atoms. The van der Waals surface area contributed by atoms with E-state index >= 15 is 0 Å². The zero-order valence-corrected chi connectivity index (χ0v) is 4.09. The van der Waals surface area contributed by atoms with Crippen molar-refractivity contribution in [3.63, 3.8) is 0 Å². The van der Waals surface area contributed by atoms with Crippen LogP contribution in [-0.2, 0) is 0 Å². The van der Waals surface area contributed by atoms with Gasteiger partial charge in [0.15, 0.2) is 0 Å². The van der Waals surface area contributed by atoms with E-state index < -0.39 is 0 Å². The van der Waals surface area contributed by atoms with Gasteiger partial charge in [0, 0.05) is 12.6 Å². The summed E-state index contributed by atoms with van der Waals surface area (Å²) in [6.45, 7) is 1.13. The van der Waals surface area contributed by atoms with Crippen LogP contribution in [0.4, 0.5) is 0 Å². The molecule has 1 aliphatic heterocycles. The van der Waals surface area contributed by atoms with Crippen LogP contribution in [0.2, 0.25) is 0 Å². The van der Waals surface area contributed by atoms with Gasteiger partial charge in [0.2, 0.25) is 0 Å². The molecule has 0 aliphatic carbocycles. The number of hydrogen-bond donors (Lipinski definition) is 2. The summed E-state index contributed by atoms with van der Waals surface area (Å²) in [7, 11) is 0. The topological polar surface area (TPSA) is 32.3 Å². The number of hydrogen-bond acceptors (Lipinski definition) is 2. The molecule has 0 aromatic heterocycles. The highest BCUT2D eigenvalue weighted by Crippen LogP contribution is 1.90. The fourth-order valence-electron chi connectivity index (χ4n) is 0.645. The summed E-state index contributed by atoms with van der Waals surface area (Å²) in [6.07, 6.45) is 3.99. The first-order valence-corrected chi connectivity index (χ1v) is 2.44. The van der Waals surface area contributed by atoms with Crippen LogP contribution in [0.25, 0.3) is 0 Å². The Balaban J connectivity index is 2.28. The predicted molar refractivity (Wildman–Crippen MR) is 28.0 cm³/mol. The third-order valence-electron chi connectivity index (χ3n) is 1.06. The molecule has 1 rings (SSSR count). The Labute approximate surface area is 42.8 Å². The monoisotopic (exact) mass is 99.1 g/mol. The van der Waals surface area contributed by atoms with Gasteiger partial charge in [-0.25, -0.2) is 0 Å². The predicted octanol–water partition coefficient (Wildman–Crippen LogP) is -0.493. The highest BCUT2D eigenvalue weighted by Gasteiger charge is 2.03. The Hall–Kier alpha value is -0.340. The van der Waals surface area contributed by atoms with Gasteiger partial charge >= 0.3 is 0 Å². The zero-order chi connectivity index (χ0) is 5.11. The van der Waals surface area contributed by atoms with E-state index in [1.807, 2.05) is 12.2 Å². The van der Waals surface area contributed by atoms with Crippen molar-refractivity contribution in [3.05, 3.63) is 12.2 Å². The first-order valence-electron chi connectivity index (χ1n) is 2.44. The average Bonchev–Trinajstić information content (AvgIpc) is 2.14. The van der Waals surface area contributed by atoms with Crippen LogP contribution in [-0.4, -0.2) is 24.3 Å². The summed E-state index contributed by atoms with van der Waals surface area (Å²) >= 11 is 0. The molecule has 0 aromatic rings. The second-order valence-electron chi connectivity index (χ2n) is 1.63. The molecule has 2 N–H and O–H groups in total.